The molecule has 29 heavy (non-hydrogen) atoms. The average Bonchev–Trinajstić information content (AvgIpc) is 3.38. The summed E-state index contributed by atoms with van der Waals surface area (Å²) >= 11 is 11.7. The molecule has 7 nitrogen and oxygen atoms in total. The van der Waals surface area contributed by atoms with E-state index in [0.29, 0.717) is 6.42 Å². The quantitative estimate of drug-likeness (QED) is 0.547. The van der Waals surface area contributed by atoms with Gasteiger partial charge in [-0.1, -0.05) is 23.2 Å². The van der Waals surface area contributed by atoms with Crippen molar-refractivity contribution in [3.63, 3.8) is 0 Å². The fourth-order valence-corrected chi connectivity index (χ4v) is 3.75. The summed E-state index contributed by atoms with van der Waals surface area (Å²) in [6, 6.07) is 3.45. The standard InChI is InChI=1S/C18H17Cl2F2N5O2/c19-8-3-12(20)15(25-6-8)16(28)26-9-1-2-13(22)10(4-9)18(7-21,27-17(24)29)11-5-14(11)23/h1-4,6,11,14H,5,7,23H2,(H,26,28)(H3,24,27,29)/t11-,14+,18+/m0/s1. The number of hydrogen-bond donors (Lipinski definition) is 4. The van der Waals surface area contributed by atoms with E-state index in [1.54, 1.807) is 0 Å². The molecule has 2 aromatic rings. The first-order valence-electron chi connectivity index (χ1n) is 8.49. The Morgan fingerprint density at radius 3 is 2.55 bits per heavy atom. The zero-order chi connectivity index (χ0) is 21.3. The molecule has 1 aromatic heterocycles. The first kappa shape index (κ1) is 21.2. The Bertz CT molecular complexity index is 977. The topological polar surface area (TPSA) is 123 Å². The second-order valence-electron chi connectivity index (χ2n) is 6.73. The number of halogens is 4. The summed E-state index contributed by atoms with van der Waals surface area (Å²) in [7, 11) is 0. The maximum absolute atomic E-state index is 14.6. The number of aromatic nitrogens is 1. The smallest absolute Gasteiger partial charge is 0.312 e. The van der Waals surface area contributed by atoms with Crippen molar-refractivity contribution in [2.24, 2.45) is 17.4 Å². The molecule has 0 radical (unpaired) electrons. The number of nitrogens with zero attached hydrogens (tertiary/aromatic N) is 1. The van der Waals surface area contributed by atoms with Gasteiger partial charge in [0.1, 0.15) is 23.7 Å². The number of urea groups is 1. The highest BCUT2D eigenvalue weighted by molar-refractivity contribution is 6.36. The predicted molar refractivity (Wildman–Crippen MR) is 105 cm³/mol. The van der Waals surface area contributed by atoms with Crippen molar-refractivity contribution in [2.45, 2.75) is 18.0 Å². The molecule has 1 aromatic carbocycles. The lowest BCUT2D eigenvalue weighted by atomic mass is 9.85. The number of nitrogens with one attached hydrogen (secondary N) is 2. The third-order valence-corrected chi connectivity index (χ3v) is 5.25. The molecule has 0 saturated heterocycles. The summed E-state index contributed by atoms with van der Waals surface area (Å²) in [6.07, 6.45) is 1.63. The van der Waals surface area contributed by atoms with Crippen LogP contribution < -0.4 is 22.1 Å². The van der Waals surface area contributed by atoms with Gasteiger partial charge in [-0.15, -0.1) is 0 Å². The van der Waals surface area contributed by atoms with Crippen LogP contribution in [0, 0.1) is 11.7 Å². The van der Waals surface area contributed by atoms with Crippen LogP contribution in [0.4, 0.5) is 19.3 Å². The number of amides is 3. The molecule has 0 aliphatic heterocycles. The number of anilines is 1. The zero-order valence-electron chi connectivity index (χ0n) is 14.9. The first-order chi connectivity index (χ1) is 13.7. The van der Waals surface area contributed by atoms with Gasteiger partial charge in [0.05, 0.1) is 10.0 Å². The number of rotatable bonds is 6. The molecule has 1 aliphatic rings. The van der Waals surface area contributed by atoms with Gasteiger partial charge in [0.25, 0.3) is 5.91 Å². The van der Waals surface area contributed by atoms with Crippen LogP contribution >= 0.6 is 23.2 Å². The number of nitrogens with two attached hydrogens (primary N) is 2. The van der Waals surface area contributed by atoms with Gasteiger partial charge in [-0.3, -0.25) is 4.79 Å². The molecule has 3 atom stereocenters. The Morgan fingerprint density at radius 1 is 1.31 bits per heavy atom. The average molecular weight is 444 g/mol. The predicted octanol–water partition coefficient (Wildman–Crippen LogP) is 2.96. The molecular weight excluding hydrogens is 427 g/mol. The second-order valence-corrected chi connectivity index (χ2v) is 7.58. The molecule has 6 N–H and O–H groups in total. The zero-order valence-corrected chi connectivity index (χ0v) is 16.4. The van der Waals surface area contributed by atoms with E-state index in [-0.39, 0.29) is 27.0 Å². The van der Waals surface area contributed by atoms with Crippen molar-refractivity contribution in [1.29, 1.82) is 0 Å². The van der Waals surface area contributed by atoms with Crippen molar-refractivity contribution >= 4 is 40.8 Å². The summed E-state index contributed by atoms with van der Waals surface area (Å²) in [5.41, 5.74) is 9.14. The molecular formula is C18H17Cl2F2N5O2. The van der Waals surface area contributed by atoms with Crippen molar-refractivity contribution in [3.05, 3.63) is 57.6 Å². The van der Waals surface area contributed by atoms with Gasteiger partial charge in [-0.25, -0.2) is 18.6 Å². The van der Waals surface area contributed by atoms with Crippen molar-refractivity contribution in [3.8, 4) is 0 Å². The van der Waals surface area contributed by atoms with Crippen molar-refractivity contribution in [1.82, 2.24) is 10.3 Å². The lowest BCUT2D eigenvalue weighted by Gasteiger charge is -2.33. The lowest BCUT2D eigenvalue weighted by Crippen LogP contribution is -2.53. The molecule has 0 unspecified atom stereocenters. The van der Waals surface area contributed by atoms with Gasteiger partial charge < -0.3 is 22.1 Å². The minimum Gasteiger partial charge on any atom is -0.352 e. The monoisotopic (exact) mass is 443 g/mol. The van der Waals surface area contributed by atoms with Gasteiger partial charge in [0, 0.05) is 29.4 Å². The van der Waals surface area contributed by atoms with E-state index in [2.05, 4.69) is 15.6 Å². The van der Waals surface area contributed by atoms with Gasteiger partial charge in [-0.2, -0.15) is 0 Å². The molecule has 1 aliphatic carbocycles. The molecule has 0 bridgehead atoms. The molecule has 1 heterocycles. The third kappa shape index (κ3) is 4.26. The van der Waals surface area contributed by atoms with Crippen LogP contribution in [0.15, 0.2) is 30.5 Å². The van der Waals surface area contributed by atoms with E-state index < -0.39 is 41.9 Å². The molecule has 11 heteroatoms. The van der Waals surface area contributed by atoms with Crippen molar-refractivity contribution < 1.29 is 18.4 Å². The molecule has 3 amide bonds. The molecule has 1 saturated carbocycles. The highest BCUT2D eigenvalue weighted by atomic mass is 35.5. The Kier molecular flexibility index (Phi) is 5.92. The van der Waals surface area contributed by atoms with E-state index in [1.807, 2.05) is 0 Å². The fraction of sp³-hybridized carbons (Fsp3) is 0.278. The normalized spacial score (nSPS) is 19.9. The van der Waals surface area contributed by atoms with Crippen LogP contribution in [0.1, 0.15) is 22.5 Å². The lowest BCUT2D eigenvalue weighted by molar-refractivity contribution is 0.102. The maximum Gasteiger partial charge on any atom is 0.312 e. The number of carbonyl (C=O) groups excluding carboxylic acids is 2. The SMILES string of the molecule is NC(=O)N[C@](CF)(c1cc(NC(=O)c2ncc(Cl)cc2Cl)ccc1F)[C@H]1C[C@H]1N. The number of benzene rings is 1. The highest BCUT2D eigenvalue weighted by Gasteiger charge is 2.54. The van der Waals surface area contributed by atoms with Gasteiger partial charge in [-0.05, 0) is 30.7 Å². The Balaban J connectivity index is 1.96. The third-order valence-electron chi connectivity index (χ3n) is 4.76. The van der Waals surface area contributed by atoms with Crippen LogP contribution in [0.25, 0.3) is 0 Å². The van der Waals surface area contributed by atoms with E-state index in [9.17, 15) is 18.4 Å². The summed E-state index contributed by atoms with van der Waals surface area (Å²) in [5.74, 6) is -2.01. The largest absolute Gasteiger partial charge is 0.352 e. The number of alkyl halides is 1. The molecule has 3 rings (SSSR count). The Hall–Kier alpha value is -2.49. The van der Waals surface area contributed by atoms with E-state index in [0.717, 1.165) is 6.07 Å². The molecule has 154 valence electrons. The number of carbonyl (C=O) groups is 2. The Morgan fingerprint density at radius 2 is 2.00 bits per heavy atom. The summed E-state index contributed by atoms with van der Waals surface area (Å²) in [6.45, 7) is -1.13. The van der Waals surface area contributed by atoms with Crippen LogP contribution in [0.3, 0.4) is 0 Å². The minimum atomic E-state index is -1.74. The van der Waals surface area contributed by atoms with Crippen molar-refractivity contribution in [2.75, 3.05) is 12.0 Å². The molecule has 1 fully saturated rings. The minimum absolute atomic E-state index is 0.0230. The Labute approximate surface area is 174 Å². The number of hydrogen-bond acceptors (Lipinski definition) is 4. The van der Waals surface area contributed by atoms with Crippen LogP contribution in [-0.4, -0.2) is 29.6 Å². The highest BCUT2D eigenvalue weighted by Crippen LogP contribution is 2.46. The van der Waals surface area contributed by atoms with E-state index in [1.165, 1.54) is 24.4 Å². The van der Waals surface area contributed by atoms with Gasteiger partial charge in [0.15, 0.2) is 0 Å². The molecule has 0 spiro atoms. The first-order valence-corrected chi connectivity index (χ1v) is 9.25. The number of primary amides is 1. The van der Waals surface area contributed by atoms with Gasteiger partial charge >= 0.3 is 6.03 Å². The fourth-order valence-electron chi connectivity index (χ4n) is 3.28. The van der Waals surface area contributed by atoms with E-state index >= 15 is 0 Å². The van der Waals surface area contributed by atoms with Gasteiger partial charge in [0.2, 0.25) is 0 Å². The van der Waals surface area contributed by atoms with Crippen LogP contribution in [0.2, 0.25) is 10.0 Å². The van der Waals surface area contributed by atoms with E-state index in [4.69, 9.17) is 34.7 Å². The van der Waals surface area contributed by atoms with Crippen LogP contribution in [-0.2, 0) is 5.54 Å². The summed E-state index contributed by atoms with van der Waals surface area (Å²) in [4.78, 5) is 27.8. The summed E-state index contributed by atoms with van der Waals surface area (Å²) < 4.78 is 28.8. The second kappa shape index (κ2) is 8.10. The summed E-state index contributed by atoms with van der Waals surface area (Å²) in [5, 5.41) is 5.09. The van der Waals surface area contributed by atoms with Crippen LogP contribution in [0.5, 0.6) is 0 Å². The maximum atomic E-state index is 14.6. The number of pyridine rings is 1.